The molecular formula is C14H25ClN2OS. The number of nitrogens with zero attached hydrogens (tertiary/aromatic N) is 1. The Kier molecular flexibility index (Phi) is 9.06. The summed E-state index contributed by atoms with van der Waals surface area (Å²) in [5, 5.41) is 3.08. The molecule has 3 nitrogen and oxygen atoms in total. The van der Waals surface area contributed by atoms with Gasteiger partial charge in [0, 0.05) is 22.2 Å². The van der Waals surface area contributed by atoms with Gasteiger partial charge in [-0.25, -0.2) is 0 Å². The first-order valence-corrected chi connectivity index (χ1v) is 7.35. The fraction of sp³-hybridized carbons (Fsp3) is 0.643. The van der Waals surface area contributed by atoms with Crippen molar-refractivity contribution in [2.24, 2.45) is 0 Å². The number of hydrogen-bond acceptors (Lipinski definition) is 3. The van der Waals surface area contributed by atoms with Gasteiger partial charge in [0.15, 0.2) is 0 Å². The number of nitrogens with one attached hydrogen (secondary N) is 1. The van der Waals surface area contributed by atoms with Crippen LogP contribution in [0.25, 0.3) is 0 Å². The third-order valence-corrected chi connectivity index (χ3v) is 3.87. The zero-order valence-corrected chi connectivity index (χ0v) is 13.9. The number of rotatable bonds is 7. The standard InChI is InChI=1S/C14H24N2OS.ClH/c1-11(2)16(14(17)6-5-9-15-4)10-13-8-7-12(3)18-13;/h7-8,11,15H,5-6,9-10H2,1-4H3;1H. The van der Waals surface area contributed by atoms with Crippen molar-refractivity contribution >= 4 is 29.7 Å². The zero-order valence-electron chi connectivity index (χ0n) is 12.2. The maximum Gasteiger partial charge on any atom is 0.223 e. The number of carbonyl (C=O) groups is 1. The minimum absolute atomic E-state index is 0. The SMILES string of the molecule is CNCCCC(=O)N(Cc1ccc(C)s1)C(C)C.Cl. The Hall–Kier alpha value is -0.580. The van der Waals surface area contributed by atoms with Crippen molar-refractivity contribution in [3.05, 3.63) is 21.9 Å². The number of amides is 1. The van der Waals surface area contributed by atoms with E-state index in [9.17, 15) is 4.79 Å². The topological polar surface area (TPSA) is 32.3 Å². The van der Waals surface area contributed by atoms with Crippen LogP contribution in [0, 0.1) is 6.92 Å². The van der Waals surface area contributed by atoms with Crippen molar-refractivity contribution in [1.29, 1.82) is 0 Å². The average Bonchev–Trinajstić information content (AvgIpc) is 2.71. The second-order valence-corrected chi connectivity index (χ2v) is 6.21. The Labute approximate surface area is 126 Å². The second-order valence-electron chi connectivity index (χ2n) is 4.83. The van der Waals surface area contributed by atoms with E-state index in [1.165, 1.54) is 9.75 Å². The molecule has 110 valence electrons. The number of aryl methyl sites for hydroxylation is 1. The van der Waals surface area contributed by atoms with Crippen molar-refractivity contribution in [2.75, 3.05) is 13.6 Å². The van der Waals surface area contributed by atoms with Crippen LogP contribution in [0.1, 0.15) is 36.4 Å². The summed E-state index contributed by atoms with van der Waals surface area (Å²) in [6.45, 7) is 7.90. The van der Waals surface area contributed by atoms with E-state index >= 15 is 0 Å². The van der Waals surface area contributed by atoms with E-state index in [1.807, 2.05) is 11.9 Å². The summed E-state index contributed by atoms with van der Waals surface area (Å²) in [7, 11) is 1.92. The molecule has 0 unspecified atom stereocenters. The van der Waals surface area contributed by atoms with Gasteiger partial charge in [-0.05, 0) is 52.9 Å². The molecule has 1 N–H and O–H groups in total. The summed E-state index contributed by atoms with van der Waals surface area (Å²) in [5.41, 5.74) is 0. The molecule has 1 aromatic heterocycles. The van der Waals surface area contributed by atoms with Crippen molar-refractivity contribution in [3.8, 4) is 0 Å². The van der Waals surface area contributed by atoms with Gasteiger partial charge in [-0.2, -0.15) is 0 Å². The van der Waals surface area contributed by atoms with Gasteiger partial charge in [0.2, 0.25) is 5.91 Å². The van der Waals surface area contributed by atoms with E-state index in [0.29, 0.717) is 6.42 Å². The Morgan fingerprint density at radius 1 is 1.42 bits per heavy atom. The van der Waals surface area contributed by atoms with Crippen molar-refractivity contribution in [1.82, 2.24) is 10.2 Å². The predicted molar refractivity (Wildman–Crippen MR) is 85.2 cm³/mol. The molecule has 1 amide bonds. The normalized spacial score (nSPS) is 10.4. The highest BCUT2D eigenvalue weighted by molar-refractivity contribution is 7.11. The van der Waals surface area contributed by atoms with Crippen LogP contribution in [-0.2, 0) is 11.3 Å². The van der Waals surface area contributed by atoms with Gasteiger partial charge in [-0.3, -0.25) is 4.79 Å². The lowest BCUT2D eigenvalue weighted by Gasteiger charge is -2.26. The van der Waals surface area contributed by atoms with Crippen LogP contribution in [0.5, 0.6) is 0 Å². The fourth-order valence-electron chi connectivity index (χ4n) is 1.86. The van der Waals surface area contributed by atoms with Crippen molar-refractivity contribution in [2.45, 2.75) is 46.2 Å². The lowest BCUT2D eigenvalue weighted by Crippen LogP contribution is -2.36. The molecule has 0 fully saturated rings. The zero-order chi connectivity index (χ0) is 13.5. The molecule has 0 aromatic carbocycles. The van der Waals surface area contributed by atoms with Gasteiger partial charge in [0.05, 0.1) is 6.54 Å². The summed E-state index contributed by atoms with van der Waals surface area (Å²) in [4.78, 5) is 16.7. The van der Waals surface area contributed by atoms with E-state index in [0.717, 1.165) is 19.5 Å². The first kappa shape index (κ1) is 18.4. The lowest BCUT2D eigenvalue weighted by atomic mass is 10.2. The van der Waals surface area contributed by atoms with E-state index < -0.39 is 0 Å². The van der Waals surface area contributed by atoms with Crippen molar-refractivity contribution < 1.29 is 4.79 Å². The van der Waals surface area contributed by atoms with Crippen LogP contribution in [0.4, 0.5) is 0 Å². The molecule has 0 atom stereocenters. The average molecular weight is 305 g/mol. The van der Waals surface area contributed by atoms with Crippen molar-refractivity contribution in [3.63, 3.8) is 0 Å². The van der Waals surface area contributed by atoms with Crippen LogP contribution in [0.15, 0.2) is 12.1 Å². The molecule has 0 spiro atoms. The van der Waals surface area contributed by atoms with E-state index in [1.54, 1.807) is 11.3 Å². The summed E-state index contributed by atoms with van der Waals surface area (Å²) < 4.78 is 0. The second kappa shape index (κ2) is 9.34. The minimum Gasteiger partial charge on any atom is -0.335 e. The van der Waals surface area contributed by atoms with Gasteiger partial charge in [-0.15, -0.1) is 23.7 Å². The van der Waals surface area contributed by atoms with Gasteiger partial charge < -0.3 is 10.2 Å². The fourth-order valence-corrected chi connectivity index (χ4v) is 2.75. The van der Waals surface area contributed by atoms with E-state index in [-0.39, 0.29) is 24.4 Å². The van der Waals surface area contributed by atoms with Gasteiger partial charge >= 0.3 is 0 Å². The molecule has 1 aromatic rings. The van der Waals surface area contributed by atoms with Crippen LogP contribution in [-0.4, -0.2) is 30.4 Å². The summed E-state index contributed by atoms with van der Waals surface area (Å²) in [6, 6.07) is 4.50. The Morgan fingerprint density at radius 3 is 2.58 bits per heavy atom. The maximum atomic E-state index is 12.2. The third kappa shape index (κ3) is 6.41. The molecule has 5 heteroatoms. The minimum atomic E-state index is 0. The molecule has 0 aliphatic rings. The number of thiophene rings is 1. The first-order chi connectivity index (χ1) is 8.54. The van der Waals surface area contributed by atoms with Crippen LogP contribution in [0.3, 0.4) is 0 Å². The van der Waals surface area contributed by atoms with Crippen LogP contribution >= 0.6 is 23.7 Å². The van der Waals surface area contributed by atoms with E-state index in [2.05, 4.69) is 38.2 Å². The van der Waals surface area contributed by atoms with Crippen LogP contribution in [0.2, 0.25) is 0 Å². The summed E-state index contributed by atoms with van der Waals surface area (Å²) in [5.74, 6) is 0.256. The molecular weight excluding hydrogens is 280 g/mol. The quantitative estimate of drug-likeness (QED) is 0.785. The van der Waals surface area contributed by atoms with E-state index in [4.69, 9.17) is 0 Å². The molecule has 1 heterocycles. The largest absolute Gasteiger partial charge is 0.335 e. The third-order valence-electron chi connectivity index (χ3n) is 2.88. The lowest BCUT2D eigenvalue weighted by molar-refractivity contribution is -0.133. The summed E-state index contributed by atoms with van der Waals surface area (Å²) >= 11 is 1.77. The summed E-state index contributed by atoms with van der Waals surface area (Å²) in [6.07, 6.45) is 1.53. The monoisotopic (exact) mass is 304 g/mol. The molecule has 0 radical (unpaired) electrons. The molecule has 0 aliphatic carbocycles. The smallest absolute Gasteiger partial charge is 0.223 e. The molecule has 0 aliphatic heterocycles. The number of carbonyl (C=O) groups excluding carboxylic acids is 1. The van der Waals surface area contributed by atoms with Gasteiger partial charge in [-0.1, -0.05) is 0 Å². The Morgan fingerprint density at radius 2 is 2.11 bits per heavy atom. The van der Waals surface area contributed by atoms with Gasteiger partial charge in [0.25, 0.3) is 0 Å². The highest BCUT2D eigenvalue weighted by Gasteiger charge is 2.17. The maximum absolute atomic E-state index is 12.2. The molecule has 19 heavy (non-hydrogen) atoms. The number of halogens is 1. The number of hydrogen-bond donors (Lipinski definition) is 1. The first-order valence-electron chi connectivity index (χ1n) is 6.54. The highest BCUT2D eigenvalue weighted by atomic mass is 35.5. The Balaban J connectivity index is 0.00000324. The molecule has 0 saturated heterocycles. The van der Waals surface area contributed by atoms with Crippen LogP contribution < -0.4 is 5.32 Å². The highest BCUT2D eigenvalue weighted by Crippen LogP contribution is 2.19. The molecule has 1 rings (SSSR count). The Bertz CT molecular complexity index is 379. The molecule has 0 bridgehead atoms. The van der Waals surface area contributed by atoms with Gasteiger partial charge in [0.1, 0.15) is 0 Å². The predicted octanol–water partition coefficient (Wildman–Crippen LogP) is 3.21. The molecule has 0 saturated carbocycles.